The number of rotatable bonds is 5. The second-order valence-corrected chi connectivity index (χ2v) is 6.00. The Labute approximate surface area is 155 Å². The molecule has 2 aromatic heterocycles. The Kier molecular flexibility index (Phi) is 5.48. The van der Waals surface area contributed by atoms with E-state index in [1.807, 2.05) is 12.1 Å². The number of amides is 1. The summed E-state index contributed by atoms with van der Waals surface area (Å²) in [5.74, 6) is 0.277. The van der Waals surface area contributed by atoms with Crippen LogP contribution in [0.1, 0.15) is 15.9 Å². The maximum absolute atomic E-state index is 12.3. The van der Waals surface area contributed by atoms with Crippen LogP contribution in [-0.4, -0.2) is 15.9 Å². The van der Waals surface area contributed by atoms with Gasteiger partial charge >= 0.3 is 0 Å². The van der Waals surface area contributed by atoms with E-state index in [9.17, 15) is 4.79 Å². The highest BCUT2D eigenvalue weighted by Crippen LogP contribution is 2.32. The zero-order valence-corrected chi connectivity index (χ0v) is 14.6. The van der Waals surface area contributed by atoms with Gasteiger partial charge in [0.05, 0.1) is 15.7 Å². The van der Waals surface area contributed by atoms with Crippen molar-refractivity contribution in [3.63, 3.8) is 0 Å². The minimum Gasteiger partial charge on any atom is -0.348 e. The number of hydrogen-bond donors (Lipinski definition) is 2. The summed E-state index contributed by atoms with van der Waals surface area (Å²) in [5.41, 5.74) is 2.00. The predicted octanol–water partition coefficient (Wildman–Crippen LogP) is 4.46. The molecule has 0 aliphatic carbocycles. The van der Waals surface area contributed by atoms with Crippen LogP contribution in [0.25, 0.3) is 0 Å². The first-order valence-electron chi connectivity index (χ1n) is 7.47. The number of hydrogen-bond acceptors (Lipinski definition) is 4. The number of carbonyl (C=O) groups is 1. The summed E-state index contributed by atoms with van der Waals surface area (Å²) in [5, 5.41) is 6.85. The van der Waals surface area contributed by atoms with Crippen molar-refractivity contribution >= 4 is 40.6 Å². The first-order chi connectivity index (χ1) is 12.1. The molecule has 0 atom stereocenters. The maximum Gasteiger partial charge on any atom is 0.251 e. The third-order valence-electron chi connectivity index (χ3n) is 3.44. The highest BCUT2D eigenvalue weighted by Gasteiger charge is 2.10. The molecule has 0 unspecified atom stereocenters. The molecule has 1 amide bonds. The Bertz CT molecular complexity index is 867. The van der Waals surface area contributed by atoms with Gasteiger partial charge in [0.1, 0.15) is 5.82 Å². The fourth-order valence-corrected chi connectivity index (χ4v) is 2.66. The smallest absolute Gasteiger partial charge is 0.251 e. The number of pyridine rings is 2. The molecule has 5 nitrogen and oxygen atoms in total. The molecule has 0 saturated carbocycles. The molecule has 25 heavy (non-hydrogen) atoms. The summed E-state index contributed by atoms with van der Waals surface area (Å²) >= 11 is 12.3. The van der Waals surface area contributed by atoms with Gasteiger partial charge in [-0.25, -0.2) is 4.98 Å². The molecule has 3 rings (SSSR count). The summed E-state index contributed by atoms with van der Waals surface area (Å²) in [4.78, 5) is 20.5. The van der Waals surface area contributed by atoms with E-state index < -0.39 is 0 Å². The molecule has 2 N–H and O–H groups in total. The first-order valence-corrected chi connectivity index (χ1v) is 8.23. The van der Waals surface area contributed by atoms with E-state index >= 15 is 0 Å². The van der Waals surface area contributed by atoms with Gasteiger partial charge in [-0.05, 0) is 42.0 Å². The third-order valence-corrected chi connectivity index (χ3v) is 4.07. The summed E-state index contributed by atoms with van der Waals surface area (Å²) < 4.78 is 0. The molecule has 126 valence electrons. The molecular formula is C18H14Cl2N4O. The molecule has 0 fully saturated rings. The molecule has 0 saturated heterocycles. The second-order valence-electron chi connectivity index (χ2n) is 5.19. The van der Waals surface area contributed by atoms with E-state index in [1.54, 1.807) is 48.9 Å². The molecule has 0 radical (unpaired) electrons. The van der Waals surface area contributed by atoms with Crippen LogP contribution < -0.4 is 10.6 Å². The summed E-state index contributed by atoms with van der Waals surface area (Å²) in [6, 6.07) is 12.2. The van der Waals surface area contributed by atoms with E-state index in [0.29, 0.717) is 33.7 Å². The number of nitrogens with zero attached hydrogens (tertiary/aromatic N) is 2. The van der Waals surface area contributed by atoms with E-state index in [0.717, 1.165) is 5.56 Å². The molecule has 2 heterocycles. The van der Waals surface area contributed by atoms with Gasteiger partial charge in [-0.1, -0.05) is 29.3 Å². The van der Waals surface area contributed by atoms with Crippen LogP contribution >= 0.6 is 23.2 Å². The number of aromatic nitrogens is 2. The van der Waals surface area contributed by atoms with Gasteiger partial charge < -0.3 is 10.6 Å². The van der Waals surface area contributed by atoms with E-state index in [1.165, 1.54) is 0 Å². The van der Waals surface area contributed by atoms with E-state index in [4.69, 9.17) is 23.2 Å². The van der Waals surface area contributed by atoms with Gasteiger partial charge in [0, 0.05) is 30.7 Å². The van der Waals surface area contributed by atoms with Crippen LogP contribution in [0.2, 0.25) is 10.0 Å². The maximum atomic E-state index is 12.3. The van der Waals surface area contributed by atoms with Crippen molar-refractivity contribution in [3.05, 3.63) is 82.2 Å². The normalized spacial score (nSPS) is 10.3. The number of anilines is 2. The minimum absolute atomic E-state index is 0.201. The highest BCUT2D eigenvalue weighted by atomic mass is 35.5. The van der Waals surface area contributed by atoms with Crippen molar-refractivity contribution < 1.29 is 4.79 Å². The van der Waals surface area contributed by atoms with Crippen molar-refractivity contribution in [1.82, 2.24) is 15.3 Å². The fraction of sp³-hybridized carbons (Fsp3) is 0.0556. The summed E-state index contributed by atoms with van der Waals surface area (Å²) in [7, 11) is 0. The molecule has 3 aromatic rings. The average molecular weight is 373 g/mol. The Morgan fingerprint density at radius 2 is 1.72 bits per heavy atom. The standard InChI is InChI=1S/C18H14Cl2N4O/c19-14-2-1-3-15(20)17(14)24-16-10-13(6-9-22-16)18(25)23-11-12-4-7-21-8-5-12/h1-10H,11H2,(H,22,24)(H,23,25). The zero-order valence-electron chi connectivity index (χ0n) is 13.0. The molecule has 0 spiro atoms. The fourth-order valence-electron chi connectivity index (χ4n) is 2.17. The van der Waals surface area contributed by atoms with Gasteiger partial charge in [-0.3, -0.25) is 9.78 Å². The number of carbonyl (C=O) groups excluding carboxylic acids is 1. The Balaban J connectivity index is 1.72. The Hall–Kier alpha value is -2.63. The van der Waals surface area contributed by atoms with Crippen molar-refractivity contribution in [2.45, 2.75) is 6.54 Å². The van der Waals surface area contributed by atoms with Crippen molar-refractivity contribution in [1.29, 1.82) is 0 Å². The molecule has 0 aliphatic rings. The minimum atomic E-state index is -0.201. The van der Waals surface area contributed by atoms with Crippen molar-refractivity contribution in [2.75, 3.05) is 5.32 Å². The molecule has 0 bridgehead atoms. The highest BCUT2D eigenvalue weighted by molar-refractivity contribution is 6.39. The van der Waals surface area contributed by atoms with Crippen LogP contribution in [0.5, 0.6) is 0 Å². The number of para-hydroxylation sites is 1. The van der Waals surface area contributed by atoms with Crippen molar-refractivity contribution in [2.24, 2.45) is 0 Å². The van der Waals surface area contributed by atoms with Crippen LogP contribution in [0.15, 0.2) is 61.1 Å². The lowest BCUT2D eigenvalue weighted by molar-refractivity contribution is 0.0951. The van der Waals surface area contributed by atoms with Gasteiger partial charge in [-0.15, -0.1) is 0 Å². The van der Waals surface area contributed by atoms with Gasteiger partial charge in [0.2, 0.25) is 0 Å². The average Bonchev–Trinajstić information content (AvgIpc) is 2.64. The lowest BCUT2D eigenvalue weighted by atomic mass is 10.2. The number of halogens is 2. The van der Waals surface area contributed by atoms with Crippen molar-refractivity contribution in [3.8, 4) is 0 Å². The molecular weight excluding hydrogens is 359 g/mol. The van der Waals surface area contributed by atoms with Crippen LogP contribution in [0, 0.1) is 0 Å². The molecule has 0 aliphatic heterocycles. The first kappa shape index (κ1) is 17.2. The Morgan fingerprint density at radius 1 is 1.00 bits per heavy atom. The van der Waals surface area contributed by atoms with Crippen LogP contribution in [-0.2, 0) is 6.54 Å². The lowest BCUT2D eigenvalue weighted by Crippen LogP contribution is -2.22. The summed E-state index contributed by atoms with van der Waals surface area (Å²) in [6.07, 6.45) is 4.92. The number of benzene rings is 1. The van der Waals surface area contributed by atoms with Crippen LogP contribution in [0.3, 0.4) is 0 Å². The SMILES string of the molecule is O=C(NCc1ccncc1)c1ccnc(Nc2c(Cl)cccc2Cl)c1. The van der Waals surface area contributed by atoms with Gasteiger partial charge in [0.25, 0.3) is 5.91 Å². The third kappa shape index (κ3) is 4.47. The monoisotopic (exact) mass is 372 g/mol. The summed E-state index contributed by atoms with van der Waals surface area (Å²) in [6.45, 7) is 0.419. The Morgan fingerprint density at radius 3 is 2.44 bits per heavy atom. The molecule has 7 heteroatoms. The quantitative estimate of drug-likeness (QED) is 0.693. The zero-order chi connectivity index (χ0) is 17.6. The second kappa shape index (κ2) is 7.96. The van der Waals surface area contributed by atoms with E-state index in [2.05, 4.69) is 20.6 Å². The van der Waals surface area contributed by atoms with E-state index in [-0.39, 0.29) is 5.91 Å². The van der Waals surface area contributed by atoms with Crippen LogP contribution in [0.4, 0.5) is 11.5 Å². The topological polar surface area (TPSA) is 66.9 Å². The lowest BCUT2D eigenvalue weighted by Gasteiger charge is -2.11. The largest absolute Gasteiger partial charge is 0.348 e. The predicted molar refractivity (Wildman–Crippen MR) is 99.4 cm³/mol. The van der Waals surface area contributed by atoms with Gasteiger partial charge in [0.15, 0.2) is 0 Å². The number of nitrogens with one attached hydrogen (secondary N) is 2. The molecule has 1 aromatic carbocycles. The van der Waals surface area contributed by atoms with Gasteiger partial charge in [-0.2, -0.15) is 0 Å².